The van der Waals surface area contributed by atoms with Crippen molar-refractivity contribution < 1.29 is 14.3 Å². The first kappa shape index (κ1) is 14.2. The van der Waals surface area contributed by atoms with Gasteiger partial charge in [0.05, 0.1) is 0 Å². The summed E-state index contributed by atoms with van der Waals surface area (Å²) in [4.78, 5) is 19.0. The van der Waals surface area contributed by atoms with Crippen LogP contribution in [0.3, 0.4) is 0 Å². The third-order valence-corrected chi connectivity index (χ3v) is 4.57. The Labute approximate surface area is 133 Å². The number of rotatable bonds is 2. The molecule has 2 N–H and O–H groups in total. The van der Waals surface area contributed by atoms with Crippen LogP contribution in [0, 0.1) is 17.8 Å². The van der Waals surface area contributed by atoms with Crippen molar-refractivity contribution in [3.05, 3.63) is 29.8 Å². The number of hydrogen-bond donors (Lipinski definition) is 2. The summed E-state index contributed by atoms with van der Waals surface area (Å²) in [7, 11) is 0. The Bertz CT molecular complexity index is 817. The molecule has 2 fully saturated rings. The lowest BCUT2D eigenvalue weighted by Crippen LogP contribution is -2.43. The lowest BCUT2D eigenvalue weighted by Gasteiger charge is -2.22. The monoisotopic (exact) mass is 311 g/mol. The summed E-state index contributed by atoms with van der Waals surface area (Å²) in [6.07, 6.45) is 2.77. The SMILES string of the molecule is O=C(NC1CN2CC[C@H]1C2)c1cc2oc(C#CCO)cc2cn1. The average Bonchev–Trinajstić information content (AvgIpc) is 3.26. The van der Waals surface area contributed by atoms with Gasteiger partial charge in [-0.1, -0.05) is 5.92 Å². The van der Waals surface area contributed by atoms with Crippen molar-refractivity contribution in [1.29, 1.82) is 0 Å². The quantitative estimate of drug-likeness (QED) is 0.794. The normalized spacial score (nSPS) is 25.3. The predicted octanol–water partition coefficient (Wildman–Crippen LogP) is 0.605. The molecule has 0 aliphatic carbocycles. The zero-order valence-corrected chi connectivity index (χ0v) is 12.6. The molecule has 2 aromatic heterocycles. The molecule has 23 heavy (non-hydrogen) atoms. The van der Waals surface area contributed by atoms with Gasteiger partial charge in [0.25, 0.3) is 5.91 Å². The number of pyridine rings is 1. The molecule has 6 nitrogen and oxygen atoms in total. The number of carbonyl (C=O) groups is 1. The molecule has 2 aliphatic rings. The van der Waals surface area contributed by atoms with Gasteiger partial charge in [0.2, 0.25) is 0 Å². The van der Waals surface area contributed by atoms with Crippen LogP contribution in [0.4, 0.5) is 0 Å². The van der Waals surface area contributed by atoms with Crippen LogP contribution in [-0.4, -0.2) is 53.2 Å². The van der Waals surface area contributed by atoms with Gasteiger partial charge in [-0.25, -0.2) is 0 Å². The van der Waals surface area contributed by atoms with E-state index in [0.717, 1.165) is 31.4 Å². The Morgan fingerprint density at radius 2 is 2.39 bits per heavy atom. The summed E-state index contributed by atoms with van der Waals surface area (Å²) in [5.74, 6) is 6.10. The van der Waals surface area contributed by atoms with E-state index in [1.165, 1.54) is 0 Å². The molecule has 2 unspecified atom stereocenters. The minimum atomic E-state index is -0.220. The van der Waals surface area contributed by atoms with E-state index in [-0.39, 0.29) is 18.6 Å². The van der Waals surface area contributed by atoms with Gasteiger partial charge in [-0.05, 0) is 24.8 Å². The van der Waals surface area contributed by atoms with Crippen molar-refractivity contribution in [3.8, 4) is 11.8 Å². The van der Waals surface area contributed by atoms with Crippen LogP contribution >= 0.6 is 0 Å². The average molecular weight is 311 g/mol. The largest absolute Gasteiger partial charge is 0.448 e. The van der Waals surface area contributed by atoms with E-state index in [9.17, 15) is 4.79 Å². The second kappa shape index (κ2) is 5.69. The summed E-state index contributed by atoms with van der Waals surface area (Å²) < 4.78 is 5.57. The molecule has 4 heterocycles. The number of aromatic nitrogens is 1. The summed E-state index contributed by atoms with van der Waals surface area (Å²) in [5, 5.41) is 12.6. The first-order valence-corrected chi connectivity index (χ1v) is 7.75. The predicted molar refractivity (Wildman–Crippen MR) is 83.8 cm³/mol. The van der Waals surface area contributed by atoms with E-state index in [1.54, 1.807) is 18.3 Å². The summed E-state index contributed by atoms with van der Waals surface area (Å²) in [6, 6.07) is 3.61. The smallest absolute Gasteiger partial charge is 0.270 e. The minimum Gasteiger partial charge on any atom is -0.448 e. The molecule has 0 spiro atoms. The first-order chi connectivity index (χ1) is 11.2. The molecule has 4 rings (SSSR count). The summed E-state index contributed by atoms with van der Waals surface area (Å²) in [6.45, 7) is 2.94. The topological polar surface area (TPSA) is 78.6 Å². The fourth-order valence-corrected chi connectivity index (χ4v) is 3.44. The molecular weight excluding hydrogens is 294 g/mol. The van der Waals surface area contributed by atoms with E-state index in [4.69, 9.17) is 9.52 Å². The van der Waals surface area contributed by atoms with E-state index in [0.29, 0.717) is 23.0 Å². The molecule has 3 atom stereocenters. The summed E-state index contributed by atoms with van der Waals surface area (Å²) in [5.41, 5.74) is 0.926. The molecule has 2 aromatic rings. The minimum absolute atomic E-state index is 0.162. The molecule has 6 heteroatoms. The van der Waals surface area contributed by atoms with Gasteiger partial charge in [-0.3, -0.25) is 9.78 Å². The second-order valence-electron chi connectivity index (χ2n) is 6.07. The van der Waals surface area contributed by atoms with Crippen LogP contribution < -0.4 is 5.32 Å². The van der Waals surface area contributed by atoms with Gasteiger partial charge in [0, 0.05) is 42.8 Å². The number of nitrogens with zero attached hydrogens (tertiary/aromatic N) is 2. The molecule has 0 aromatic carbocycles. The number of amides is 1. The number of fused-ring (bicyclic) bond motifs is 3. The highest BCUT2D eigenvalue weighted by atomic mass is 16.3. The van der Waals surface area contributed by atoms with Crippen molar-refractivity contribution >= 4 is 16.9 Å². The number of nitrogens with one attached hydrogen (secondary N) is 1. The van der Waals surface area contributed by atoms with Crippen LogP contribution in [0.15, 0.2) is 22.7 Å². The van der Waals surface area contributed by atoms with Crippen LogP contribution in [0.5, 0.6) is 0 Å². The Morgan fingerprint density at radius 3 is 3.13 bits per heavy atom. The van der Waals surface area contributed by atoms with Gasteiger partial charge in [-0.15, -0.1) is 0 Å². The molecule has 118 valence electrons. The van der Waals surface area contributed by atoms with Crippen molar-refractivity contribution in [2.45, 2.75) is 12.5 Å². The van der Waals surface area contributed by atoms with Gasteiger partial charge in [0.1, 0.15) is 17.9 Å². The Hall–Kier alpha value is -2.36. The molecule has 2 bridgehead atoms. The van der Waals surface area contributed by atoms with Crippen LogP contribution in [-0.2, 0) is 0 Å². The molecule has 1 amide bonds. The van der Waals surface area contributed by atoms with Gasteiger partial charge in [-0.2, -0.15) is 0 Å². The highest BCUT2D eigenvalue weighted by Gasteiger charge is 2.38. The third kappa shape index (κ3) is 2.69. The molecule has 0 radical (unpaired) electrons. The maximum Gasteiger partial charge on any atom is 0.270 e. The van der Waals surface area contributed by atoms with Gasteiger partial charge < -0.3 is 19.7 Å². The third-order valence-electron chi connectivity index (χ3n) is 4.57. The number of carbonyl (C=O) groups excluding carboxylic acids is 1. The Kier molecular flexibility index (Phi) is 3.52. The van der Waals surface area contributed by atoms with E-state index >= 15 is 0 Å². The second-order valence-corrected chi connectivity index (χ2v) is 6.07. The van der Waals surface area contributed by atoms with Crippen molar-refractivity contribution in [2.75, 3.05) is 26.2 Å². The number of hydrogen-bond acceptors (Lipinski definition) is 5. The lowest BCUT2D eigenvalue weighted by atomic mass is 10.00. The zero-order chi connectivity index (χ0) is 15.8. The van der Waals surface area contributed by atoms with Crippen LogP contribution in [0.1, 0.15) is 22.7 Å². The van der Waals surface area contributed by atoms with Gasteiger partial charge in [0.15, 0.2) is 5.76 Å². The maximum atomic E-state index is 12.4. The Morgan fingerprint density at radius 1 is 1.48 bits per heavy atom. The summed E-state index contributed by atoms with van der Waals surface area (Å²) >= 11 is 0. The van der Waals surface area contributed by atoms with Crippen molar-refractivity contribution in [1.82, 2.24) is 15.2 Å². The first-order valence-electron chi connectivity index (χ1n) is 7.75. The van der Waals surface area contributed by atoms with Gasteiger partial charge >= 0.3 is 0 Å². The lowest BCUT2D eigenvalue weighted by molar-refractivity contribution is 0.0919. The number of furan rings is 1. The fraction of sp³-hybridized carbons (Fsp3) is 0.412. The number of piperidine rings is 1. The molecule has 0 saturated carbocycles. The molecular formula is C17H17N3O3. The van der Waals surface area contributed by atoms with E-state index in [2.05, 4.69) is 27.0 Å². The van der Waals surface area contributed by atoms with E-state index < -0.39 is 0 Å². The fourth-order valence-electron chi connectivity index (χ4n) is 3.44. The highest BCUT2D eigenvalue weighted by Crippen LogP contribution is 2.28. The highest BCUT2D eigenvalue weighted by molar-refractivity contribution is 5.95. The van der Waals surface area contributed by atoms with E-state index in [1.807, 2.05) is 0 Å². The number of aliphatic hydroxyl groups excluding tert-OH is 1. The van der Waals surface area contributed by atoms with Crippen LogP contribution in [0.25, 0.3) is 11.0 Å². The van der Waals surface area contributed by atoms with Crippen LogP contribution in [0.2, 0.25) is 0 Å². The molecule has 2 aliphatic heterocycles. The van der Waals surface area contributed by atoms with Crippen molar-refractivity contribution in [3.63, 3.8) is 0 Å². The molecule has 2 saturated heterocycles. The zero-order valence-electron chi connectivity index (χ0n) is 12.6. The Balaban J connectivity index is 1.52. The standard InChI is InChI=1S/C17H17N3O3/c21-5-1-2-13-6-12-8-18-14(7-16(12)23-13)17(22)19-15-10-20-4-3-11(15)9-20/h6-8,11,15,21H,3-5,9-10H2,(H,19,22)/t11-,15?/m0/s1. The maximum absolute atomic E-state index is 12.4. The number of aliphatic hydroxyl groups is 1. The van der Waals surface area contributed by atoms with Crippen molar-refractivity contribution in [2.24, 2.45) is 5.92 Å².